The molecule has 12 heavy (non-hydrogen) atoms. The van der Waals surface area contributed by atoms with Crippen LogP contribution in [-0.2, 0) is 4.79 Å². The zero-order valence-corrected chi connectivity index (χ0v) is 6.98. The van der Waals surface area contributed by atoms with Crippen LogP contribution in [0.1, 0.15) is 12.8 Å². The quantitative estimate of drug-likeness (QED) is 0.600. The van der Waals surface area contributed by atoms with Gasteiger partial charge >= 0.3 is 0 Å². The van der Waals surface area contributed by atoms with Gasteiger partial charge in [0.15, 0.2) is 6.67 Å². The standard InChI is InChI=1S/C8H13FN2O/c9-5-7(12)11-4-3-10-6-8(11)1-2-8/h10H,1-6H2. The third-order valence-electron chi connectivity index (χ3n) is 2.78. The summed E-state index contributed by atoms with van der Waals surface area (Å²) in [7, 11) is 0. The molecule has 0 radical (unpaired) electrons. The number of alkyl halides is 1. The SMILES string of the molecule is O=C(CF)N1CCNCC12CC2. The fraction of sp³-hybridized carbons (Fsp3) is 0.875. The predicted molar refractivity (Wildman–Crippen MR) is 42.5 cm³/mol. The van der Waals surface area contributed by atoms with Crippen LogP contribution in [0.3, 0.4) is 0 Å². The van der Waals surface area contributed by atoms with E-state index in [4.69, 9.17) is 0 Å². The normalized spacial score (nSPS) is 25.9. The van der Waals surface area contributed by atoms with E-state index in [0.29, 0.717) is 6.54 Å². The predicted octanol–water partition coefficient (Wildman–Crippen LogP) is -0.0797. The van der Waals surface area contributed by atoms with Crippen LogP contribution in [0.4, 0.5) is 4.39 Å². The Hall–Kier alpha value is -0.640. The summed E-state index contributed by atoms with van der Waals surface area (Å²) in [5.74, 6) is -0.339. The molecule has 2 rings (SSSR count). The molecule has 0 atom stereocenters. The Bertz CT molecular complexity index is 203. The molecule has 1 spiro atoms. The summed E-state index contributed by atoms with van der Waals surface area (Å²) in [6.45, 7) is 1.47. The summed E-state index contributed by atoms with van der Waals surface area (Å²) in [6.07, 6.45) is 2.07. The van der Waals surface area contributed by atoms with Crippen molar-refractivity contribution in [3.63, 3.8) is 0 Å². The molecule has 0 aromatic rings. The van der Waals surface area contributed by atoms with E-state index >= 15 is 0 Å². The molecule has 4 heteroatoms. The van der Waals surface area contributed by atoms with Crippen molar-refractivity contribution in [1.29, 1.82) is 0 Å². The highest BCUT2D eigenvalue weighted by Crippen LogP contribution is 2.42. The van der Waals surface area contributed by atoms with Gasteiger partial charge in [0.05, 0.1) is 5.54 Å². The van der Waals surface area contributed by atoms with Gasteiger partial charge in [-0.3, -0.25) is 4.79 Å². The maximum atomic E-state index is 12.1. The summed E-state index contributed by atoms with van der Waals surface area (Å²) in [5.41, 5.74) is 0.00141. The minimum absolute atomic E-state index is 0.00141. The lowest BCUT2D eigenvalue weighted by atomic mass is 10.1. The molecular weight excluding hydrogens is 159 g/mol. The number of rotatable bonds is 1. The van der Waals surface area contributed by atoms with Crippen LogP contribution < -0.4 is 5.32 Å². The zero-order valence-electron chi connectivity index (χ0n) is 6.98. The summed E-state index contributed by atoms with van der Waals surface area (Å²) in [6, 6.07) is 0. The average Bonchev–Trinajstić information content (AvgIpc) is 2.85. The van der Waals surface area contributed by atoms with Crippen molar-refractivity contribution in [2.45, 2.75) is 18.4 Å². The minimum atomic E-state index is -0.845. The highest BCUT2D eigenvalue weighted by molar-refractivity contribution is 5.78. The summed E-state index contributed by atoms with van der Waals surface area (Å²) in [4.78, 5) is 12.9. The fourth-order valence-electron chi connectivity index (χ4n) is 1.90. The number of nitrogens with one attached hydrogen (secondary N) is 1. The van der Waals surface area contributed by atoms with E-state index in [0.717, 1.165) is 25.9 Å². The van der Waals surface area contributed by atoms with Gasteiger partial charge in [-0.1, -0.05) is 0 Å². The van der Waals surface area contributed by atoms with Crippen LogP contribution in [0.15, 0.2) is 0 Å². The van der Waals surface area contributed by atoms with Crippen molar-refractivity contribution in [3.05, 3.63) is 0 Å². The van der Waals surface area contributed by atoms with E-state index in [-0.39, 0.29) is 11.4 Å². The molecule has 1 saturated carbocycles. The van der Waals surface area contributed by atoms with E-state index in [2.05, 4.69) is 5.32 Å². The Labute approximate surface area is 70.9 Å². The lowest BCUT2D eigenvalue weighted by molar-refractivity contribution is -0.136. The van der Waals surface area contributed by atoms with Gasteiger partial charge in [-0.05, 0) is 12.8 Å². The lowest BCUT2D eigenvalue weighted by Crippen LogP contribution is -2.55. The average molecular weight is 172 g/mol. The molecule has 1 aliphatic carbocycles. The smallest absolute Gasteiger partial charge is 0.254 e. The Morgan fingerprint density at radius 2 is 2.33 bits per heavy atom. The van der Waals surface area contributed by atoms with E-state index < -0.39 is 6.67 Å². The molecule has 0 aromatic carbocycles. The molecule has 3 nitrogen and oxygen atoms in total. The van der Waals surface area contributed by atoms with Crippen molar-refractivity contribution < 1.29 is 9.18 Å². The van der Waals surface area contributed by atoms with Gasteiger partial charge in [0.1, 0.15) is 0 Å². The third kappa shape index (κ3) is 1.10. The molecule has 0 bridgehead atoms. The number of hydrogen-bond donors (Lipinski definition) is 1. The van der Waals surface area contributed by atoms with Crippen molar-refractivity contribution in [2.24, 2.45) is 0 Å². The topological polar surface area (TPSA) is 32.3 Å². The van der Waals surface area contributed by atoms with Crippen LogP contribution in [0.2, 0.25) is 0 Å². The van der Waals surface area contributed by atoms with Crippen LogP contribution >= 0.6 is 0 Å². The molecule has 68 valence electrons. The van der Waals surface area contributed by atoms with Gasteiger partial charge in [-0.25, -0.2) is 4.39 Å². The number of carbonyl (C=O) groups is 1. The van der Waals surface area contributed by atoms with Crippen LogP contribution in [-0.4, -0.2) is 42.7 Å². The first-order chi connectivity index (χ1) is 5.78. The monoisotopic (exact) mass is 172 g/mol. The van der Waals surface area contributed by atoms with Crippen molar-refractivity contribution >= 4 is 5.91 Å². The zero-order chi connectivity index (χ0) is 8.60. The van der Waals surface area contributed by atoms with Gasteiger partial charge in [0.2, 0.25) is 0 Å². The highest BCUT2D eigenvalue weighted by Gasteiger charge is 2.50. The first-order valence-electron chi connectivity index (χ1n) is 4.36. The van der Waals surface area contributed by atoms with Crippen molar-refractivity contribution in [2.75, 3.05) is 26.3 Å². The summed E-state index contributed by atoms with van der Waals surface area (Å²) >= 11 is 0. The first-order valence-corrected chi connectivity index (χ1v) is 4.36. The number of carbonyl (C=O) groups excluding carboxylic acids is 1. The first kappa shape index (κ1) is 7.98. The lowest BCUT2D eigenvalue weighted by Gasteiger charge is -2.36. The molecular formula is C8H13FN2O. The Kier molecular flexibility index (Phi) is 1.79. The van der Waals surface area contributed by atoms with Gasteiger partial charge in [-0.15, -0.1) is 0 Å². The van der Waals surface area contributed by atoms with E-state index in [1.165, 1.54) is 0 Å². The second-order valence-electron chi connectivity index (χ2n) is 3.58. The van der Waals surface area contributed by atoms with Crippen molar-refractivity contribution in [1.82, 2.24) is 10.2 Å². The van der Waals surface area contributed by atoms with Crippen LogP contribution in [0.5, 0.6) is 0 Å². The Morgan fingerprint density at radius 1 is 1.58 bits per heavy atom. The highest BCUT2D eigenvalue weighted by atomic mass is 19.1. The van der Waals surface area contributed by atoms with Gasteiger partial charge in [0, 0.05) is 19.6 Å². The fourth-order valence-corrected chi connectivity index (χ4v) is 1.90. The maximum Gasteiger partial charge on any atom is 0.254 e. The number of halogens is 1. The van der Waals surface area contributed by atoms with Crippen LogP contribution in [0, 0.1) is 0 Å². The largest absolute Gasteiger partial charge is 0.332 e. The van der Waals surface area contributed by atoms with Gasteiger partial charge in [-0.2, -0.15) is 0 Å². The third-order valence-corrected chi connectivity index (χ3v) is 2.78. The molecule has 1 saturated heterocycles. The minimum Gasteiger partial charge on any atom is -0.332 e. The van der Waals surface area contributed by atoms with Gasteiger partial charge < -0.3 is 10.2 Å². The number of nitrogens with zero attached hydrogens (tertiary/aromatic N) is 1. The Balaban J connectivity index is 2.06. The van der Waals surface area contributed by atoms with Crippen LogP contribution in [0.25, 0.3) is 0 Å². The number of piperazine rings is 1. The van der Waals surface area contributed by atoms with Gasteiger partial charge in [0.25, 0.3) is 5.91 Å². The molecule has 1 amide bonds. The molecule has 0 aromatic heterocycles. The summed E-state index contributed by atoms with van der Waals surface area (Å²) in [5, 5.41) is 3.23. The molecule has 2 fully saturated rings. The Morgan fingerprint density at radius 3 is 2.92 bits per heavy atom. The van der Waals surface area contributed by atoms with E-state index in [1.54, 1.807) is 4.90 Å². The maximum absolute atomic E-state index is 12.1. The molecule has 2 aliphatic rings. The second-order valence-corrected chi connectivity index (χ2v) is 3.58. The summed E-state index contributed by atoms with van der Waals surface area (Å²) < 4.78 is 12.1. The molecule has 0 unspecified atom stereocenters. The molecule has 1 aliphatic heterocycles. The molecule has 1 N–H and O–H groups in total. The van der Waals surface area contributed by atoms with E-state index in [1.807, 2.05) is 0 Å². The number of hydrogen-bond acceptors (Lipinski definition) is 2. The second kappa shape index (κ2) is 2.69. The number of amides is 1. The van der Waals surface area contributed by atoms with Crippen molar-refractivity contribution in [3.8, 4) is 0 Å². The van der Waals surface area contributed by atoms with E-state index in [9.17, 15) is 9.18 Å². The molecule has 1 heterocycles.